The van der Waals surface area contributed by atoms with E-state index in [0.717, 1.165) is 21.6 Å². The molecule has 2 aromatic heterocycles. The summed E-state index contributed by atoms with van der Waals surface area (Å²) in [6.07, 6.45) is 3.83. The molecule has 0 aliphatic carbocycles. The Morgan fingerprint density at radius 1 is 1.20 bits per heavy atom. The molecule has 2 heterocycles. The van der Waals surface area contributed by atoms with Crippen LogP contribution in [0.15, 0.2) is 77.2 Å². The van der Waals surface area contributed by atoms with Gasteiger partial charge in [-0.2, -0.15) is 0 Å². The third-order valence-corrected chi connectivity index (χ3v) is 5.30. The molecule has 1 aromatic carbocycles. The molecule has 3 nitrogen and oxygen atoms in total. The van der Waals surface area contributed by atoms with Gasteiger partial charge in [-0.05, 0) is 41.3 Å². The fraction of sp³-hybridized carbons (Fsp3) is 0.150. The fourth-order valence-corrected chi connectivity index (χ4v) is 3.62. The predicted octanol–water partition coefficient (Wildman–Crippen LogP) is 5.19. The monoisotopic (exact) mass is 414 g/mol. The molecule has 0 atom stereocenters. The molecule has 3 rings (SSSR count). The van der Waals surface area contributed by atoms with Crippen LogP contribution in [-0.4, -0.2) is 21.9 Å². The second-order valence-corrected chi connectivity index (χ2v) is 7.57. The molecule has 128 valence electrons. The lowest BCUT2D eigenvalue weighted by Gasteiger charge is -2.21. The Bertz CT molecular complexity index is 837. The van der Waals surface area contributed by atoms with Gasteiger partial charge in [0.1, 0.15) is 0 Å². The number of benzene rings is 1. The molecule has 0 bridgehead atoms. The van der Waals surface area contributed by atoms with Crippen LogP contribution in [0.25, 0.3) is 0 Å². The highest BCUT2D eigenvalue weighted by molar-refractivity contribution is 9.10. The molecule has 0 unspecified atom stereocenters. The zero-order valence-electron chi connectivity index (χ0n) is 13.8. The van der Waals surface area contributed by atoms with Crippen LogP contribution >= 0.6 is 27.3 Å². The Balaban J connectivity index is 1.77. The molecular formula is C20H19BrN2OS. The Hall–Kier alpha value is -2.11. The standard InChI is InChI=1S/C20H19BrN2OS/c1-2-11-23(20(24)19-6-4-13-25-19)15-18-5-3-12-22(18)14-16-7-9-17(21)10-8-16/h2-10,12-13H,1,11,14-15H2. The number of hydrogen-bond acceptors (Lipinski definition) is 2. The molecule has 25 heavy (non-hydrogen) atoms. The number of rotatable bonds is 7. The molecule has 0 fully saturated rings. The van der Waals surface area contributed by atoms with Gasteiger partial charge in [-0.3, -0.25) is 4.79 Å². The summed E-state index contributed by atoms with van der Waals surface area (Å²) in [4.78, 5) is 15.3. The lowest BCUT2D eigenvalue weighted by atomic mass is 10.2. The Labute approximate surface area is 160 Å². The molecule has 0 saturated heterocycles. The van der Waals surface area contributed by atoms with Crippen LogP contribution in [0.1, 0.15) is 20.9 Å². The van der Waals surface area contributed by atoms with Crippen molar-refractivity contribution in [1.82, 2.24) is 9.47 Å². The number of halogens is 1. The van der Waals surface area contributed by atoms with Crippen LogP contribution in [0.2, 0.25) is 0 Å². The van der Waals surface area contributed by atoms with Gasteiger partial charge in [-0.25, -0.2) is 0 Å². The Morgan fingerprint density at radius 2 is 2.00 bits per heavy atom. The van der Waals surface area contributed by atoms with Crippen LogP contribution in [-0.2, 0) is 13.1 Å². The summed E-state index contributed by atoms with van der Waals surface area (Å²) in [5.74, 6) is 0.0475. The third kappa shape index (κ3) is 4.50. The topological polar surface area (TPSA) is 25.2 Å². The first-order valence-corrected chi connectivity index (χ1v) is 9.67. The molecule has 0 N–H and O–H groups in total. The fourth-order valence-electron chi connectivity index (χ4n) is 2.66. The van der Waals surface area contributed by atoms with Crippen molar-refractivity contribution >= 4 is 33.2 Å². The van der Waals surface area contributed by atoms with Crippen molar-refractivity contribution in [3.05, 3.63) is 93.4 Å². The average Bonchev–Trinajstić information content (AvgIpc) is 3.28. The largest absolute Gasteiger partial charge is 0.345 e. The van der Waals surface area contributed by atoms with Gasteiger partial charge in [0.05, 0.1) is 11.4 Å². The van der Waals surface area contributed by atoms with E-state index in [1.807, 2.05) is 40.6 Å². The van der Waals surface area contributed by atoms with E-state index in [1.165, 1.54) is 16.9 Å². The normalized spacial score (nSPS) is 10.6. The van der Waals surface area contributed by atoms with Crippen LogP contribution < -0.4 is 0 Å². The van der Waals surface area contributed by atoms with Crippen molar-refractivity contribution in [3.8, 4) is 0 Å². The first-order chi connectivity index (χ1) is 12.2. The van der Waals surface area contributed by atoms with Crippen LogP contribution in [0.5, 0.6) is 0 Å². The maximum Gasteiger partial charge on any atom is 0.264 e. The van der Waals surface area contributed by atoms with Gasteiger partial charge in [-0.1, -0.05) is 40.2 Å². The summed E-state index contributed by atoms with van der Waals surface area (Å²) in [6, 6.07) is 16.2. The van der Waals surface area contributed by atoms with Crippen molar-refractivity contribution in [2.45, 2.75) is 13.1 Å². The number of nitrogens with zero attached hydrogens (tertiary/aromatic N) is 2. The van der Waals surface area contributed by atoms with Gasteiger partial charge >= 0.3 is 0 Å². The highest BCUT2D eigenvalue weighted by Gasteiger charge is 2.17. The summed E-state index contributed by atoms with van der Waals surface area (Å²) in [5.41, 5.74) is 2.33. The van der Waals surface area contributed by atoms with E-state index in [-0.39, 0.29) is 5.91 Å². The molecular weight excluding hydrogens is 396 g/mol. The molecule has 3 aromatic rings. The van der Waals surface area contributed by atoms with Crippen LogP contribution in [0.3, 0.4) is 0 Å². The first-order valence-electron chi connectivity index (χ1n) is 7.99. The van der Waals surface area contributed by atoms with E-state index >= 15 is 0 Å². The number of amides is 1. The maximum absolute atomic E-state index is 12.7. The summed E-state index contributed by atoms with van der Waals surface area (Å²) in [5, 5.41) is 1.93. The molecule has 0 radical (unpaired) electrons. The van der Waals surface area contributed by atoms with Gasteiger partial charge in [-0.15, -0.1) is 17.9 Å². The van der Waals surface area contributed by atoms with Gasteiger partial charge < -0.3 is 9.47 Å². The minimum Gasteiger partial charge on any atom is -0.345 e. The third-order valence-electron chi connectivity index (χ3n) is 3.91. The maximum atomic E-state index is 12.7. The molecule has 0 saturated carbocycles. The minimum atomic E-state index is 0.0475. The molecule has 5 heteroatoms. The van der Waals surface area contributed by atoms with Crippen molar-refractivity contribution in [3.63, 3.8) is 0 Å². The molecule has 0 spiro atoms. The van der Waals surface area contributed by atoms with E-state index in [2.05, 4.69) is 51.5 Å². The van der Waals surface area contributed by atoms with Crippen LogP contribution in [0.4, 0.5) is 0 Å². The van der Waals surface area contributed by atoms with Crippen molar-refractivity contribution in [1.29, 1.82) is 0 Å². The van der Waals surface area contributed by atoms with Crippen LogP contribution in [0, 0.1) is 0 Å². The van der Waals surface area contributed by atoms with Gasteiger partial charge in [0.15, 0.2) is 0 Å². The van der Waals surface area contributed by atoms with Gasteiger partial charge in [0, 0.05) is 29.5 Å². The number of hydrogen-bond donors (Lipinski definition) is 0. The zero-order valence-corrected chi connectivity index (χ0v) is 16.2. The minimum absolute atomic E-state index is 0.0475. The number of carbonyl (C=O) groups excluding carboxylic acids is 1. The van der Waals surface area contributed by atoms with Gasteiger partial charge in [0.25, 0.3) is 5.91 Å². The first kappa shape index (κ1) is 17.7. The molecule has 1 amide bonds. The molecule has 0 aliphatic rings. The Morgan fingerprint density at radius 3 is 2.68 bits per heavy atom. The summed E-state index contributed by atoms with van der Waals surface area (Å²) in [6.45, 7) is 5.66. The smallest absolute Gasteiger partial charge is 0.264 e. The predicted molar refractivity (Wildman–Crippen MR) is 107 cm³/mol. The quantitative estimate of drug-likeness (QED) is 0.488. The highest BCUT2D eigenvalue weighted by Crippen LogP contribution is 2.17. The highest BCUT2D eigenvalue weighted by atomic mass is 79.9. The second kappa shape index (κ2) is 8.32. The van der Waals surface area contributed by atoms with E-state index in [0.29, 0.717) is 13.1 Å². The van der Waals surface area contributed by atoms with E-state index in [9.17, 15) is 4.79 Å². The Kier molecular flexibility index (Phi) is 5.89. The number of aromatic nitrogens is 1. The summed E-state index contributed by atoms with van der Waals surface area (Å²) >= 11 is 4.93. The number of carbonyl (C=O) groups is 1. The van der Waals surface area contributed by atoms with Crippen molar-refractivity contribution in [2.75, 3.05) is 6.54 Å². The number of thiophene rings is 1. The lowest BCUT2D eigenvalue weighted by Crippen LogP contribution is -2.31. The van der Waals surface area contributed by atoms with E-state index < -0.39 is 0 Å². The zero-order chi connectivity index (χ0) is 17.6. The van der Waals surface area contributed by atoms with Crippen molar-refractivity contribution < 1.29 is 4.79 Å². The molecule has 0 aliphatic heterocycles. The summed E-state index contributed by atoms with van der Waals surface area (Å²) < 4.78 is 3.25. The summed E-state index contributed by atoms with van der Waals surface area (Å²) in [7, 11) is 0. The van der Waals surface area contributed by atoms with E-state index in [4.69, 9.17) is 0 Å². The average molecular weight is 415 g/mol. The van der Waals surface area contributed by atoms with E-state index in [1.54, 1.807) is 6.08 Å². The van der Waals surface area contributed by atoms with Gasteiger partial charge in [0.2, 0.25) is 0 Å². The SMILES string of the molecule is C=CCN(Cc1cccn1Cc1ccc(Br)cc1)C(=O)c1cccs1. The lowest BCUT2D eigenvalue weighted by molar-refractivity contribution is 0.0764. The van der Waals surface area contributed by atoms with Crippen molar-refractivity contribution in [2.24, 2.45) is 0 Å². The second-order valence-electron chi connectivity index (χ2n) is 5.71.